The molecule has 0 aliphatic carbocycles. The number of nitrogens with two attached hydrogens (primary N) is 1. The molecule has 0 atom stereocenters. The third-order valence-corrected chi connectivity index (χ3v) is 5.10. The molecule has 0 saturated carbocycles. The summed E-state index contributed by atoms with van der Waals surface area (Å²) in [5.41, 5.74) is 5.49. The lowest BCUT2D eigenvalue weighted by atomic mass is 10.1. The van der Waals surface area contributed by atoms with Gasteiger partial charge < -0.3 is 15.5 Å². The fourth-order valence-corrected chi connectivity index (χ4v) is 3.57. The molecule has 6 nitrogen and oxygen atoms in total. The van der Waals surface area contributed by atoms with E-state index in [1.54, 1.807) is 0 Å². The zero-order valence-electron chi connectivity index (χ0n) is 15.0. The maximum atomic E-state index is 12.3. The Morgan fingerprint density at radius 1 is 0.708 bits per heavy atom. The molecule has 0 unspecified atom stereocenters. The molecule has 2 heterocycles. The predicted molar refractivity (Wildman–Crippen MR) is 95.6 cm³/mol. The summed E-state index contributed by atoms with van der Waals surface area (Å²) in [6.07, 6.45) is 8.12. The van der Waals surface area contributed by atoms with Gasteiger partial charge in [-0.1, -0.05) is 12.8 Å². The van der Waals surface area contributed by atoms with Crippen LogP contribution in [0, 0.1) is 0 Å². The average molecular weight is 338 g/mol. The Bertz CT molecular complexity index is 396. The summed E-state index contributed by atoms with van der Waals surface area (Å²) in [5.74, 6) is 0.530. The third-order valence-electron chi connectivity index (χ3n) is 5.10. The van der Waals surface area contributed by atoms with Gasteiger partial charge in [0.1, 0.15) is 0 Å². The maximum Gasteiger partial charge on any atom is 0.236 e. The molecule has 0 aromatic heterocycles. The Balaban J connectivity index is 1.65. The lowest BCUT2D eigenvalue weighted by molar-refractivity contribution is -0.131. The van der Waals surface area contributed by atoms with Gasteiger partial charge in [-0.05, 0) is 38.6 Å². The highest BCUT2D eigenvalue weighted by atomic mass is 16.2. The number of hydrogen-bond acceptors (Lipinski definition) is 4. The molecule has 2 saturated heterocycles. The van der Waals surface area contributed by atoms with Crippen LogP contribution in [-0.4, -0.2) is 78.9 Å². The number of unbranched alkanes of at least 4 members (excludes halogenated alkanes) is 3. The van der Waals surface area contributed by atoms with Crippen LogP contribution in [0.25, 0.3) is 0 Å². The molecule has 2 rings (SSSR count). The van der Waals surface area contributed by atoms with Gasteiger partial charge in [-0.2, -0.15) is 0 Å². The van der Waals surface area contributed by atoms with Crippen LogP contribution in [0.2, 0.25) is 0 Å². The standard InChI is InChI=1S/C18H34N4O2/c19-9-4-2-1-3-8-17(23)22-13-7-10-20(14-15-22)16-18(24)21-11-5-6-12-21/h1-16,19H2. The van der Waals surface area contributed by atoms with Crippen LogP contribution < -0.4 is 5.73 Å². The second-order valence-corrected chi connectivity index (χ2v) is 7.05. The zero-order valence-corrected chi connectivity index (χ0v) is 15.0. The lowest BCUT2D eigenvalue weighted by Crippen LogP contribution is -2.41. The van der Waals surface area contributed by atoms with Crippen molar-refractivity contribution in [3.8, 4) is 0 Å². The molecule has 0 bridgehead atoms. The summed E-state index contributed by atoms with van der Waals surface area (Å²) in [7, 11) is 0. The number of carbonyl (C=O) groups is 2. The van der Waals surface area contributed by atoms with Crippen molar-refractivity contribution in [1.29, 1.82) is 0 Å². The molecule has 0 radical (unpaired) electrons. The number of nitrogens with zero attached hydrogens (tertiary/aromatic N) is 3. The fraction of sp³-hybridized carbons (Fsp3) is 0.889. The fourth-order valence-electron chi connectivity index (χ4n) is 3.57. The minimum absolute atomic E-state index is 0.257. The molecule has 2 aliphatic heterocycles. The summed E-state index contributed by atoms with van der Waals surface area (Å²) in [5, 5.41) is 0. The van der Waals surface area contributed by atoms with Crippen molar-refractivity contribution in [1.82, 2.24) is 14.7 Å². The van der Waals surface area contributed by atoms with E-state index in [1.165, 1.54) is 0 Å². The van der Waals surface area contributed by atoms with Crippen LogP contribution in [-0.2, 0) is 9.59 Å². The van der Waals surface area contributed by atoms with Gasteiger partial charge >= 0.3 is 0 Å². The van der Waals surface area contributed by atoms with E-state index >= 15 is 0 Å². The summed E-state index contributed by atoms with van der Waals surface area (Å²) >= 11 is 0. The van der Waals surface area contributed by atoms with E-state index < -0.39 is 0 Å². The smallest absolute Gasteiger partial charge is 0.236 e. The molecule has 0 spiro atoms. The monoisotopic (exact) mass is 338 g/mol. The predicted octanol–water partition coefficient (Wildman–Crippen LogP) is 1.05. The second kappa shape index (κ2) is 10.7. The number of hydrogen-bond donors (Lipinski definition) is 1. The van der Waals surface area contributed by atoms with Gasteiger partial charge in [0.05, 0.1) is 6.54 Å². The Kier molecular flexibility index (Phi) is 8.53. The van der Waals surface area contributed by atoms with Crippen LogP contribution in [0.5, 0.6) is 0 Å². The van der Waals surface area contributed by atoms with Crippen LogP contribution >= 0.6 is 0 Å². The van der Waals surface area contributed by atoms with E-state index in [9.17, 15) is 9.59 Å². The van der Waals surface area contributed by atoms with Gasteiger partial charge in [0.15, 0.2) is 0 Å². The van der Waals surface area contributed by atoms with Crippen molar-refractivity contribution in [2.24, 2.45) is 5.73 Å². The molecule has 2 amide bonds. The number of rotatable bonds is 8. The number of likely N-dealkylation sites (tertiary alicyclic amines) is 1. The highest BCUT2D eigenvalue weighted by Gasteiger charge is 2.23. The first-order chi connectivity index (χ1) is 11.7. The lowest BCUT2D eigenvalue weighted by Gasteiger charge is -2.24. The van der Waals surface area contributed by atoms with Crippen molar-refractivity contribution in [2.75, 3.05) is 52.4 Å². The highest BCUT2D eigenvalue weighted by molar-refractivity contribution is 5.78. The number of carbonyl (C=O) groups excluding carboxylic acids is 2. The molecule has 0 aromatic rings. The summed E-state index contributed by atoms with van der Waals surface area (Å²) in [6.45, 7) is 6.42. The van der Waals surface area contributed by atoms with Crippen molar-refractivity contribution in [2.45, 2.75) is 51.4 Å². The molecule has 2 aliphatic rings. The van der Waals surface area contributed by atoms with Crippen LogP contribution in [0.4, 0.5) is 0 Å². The first-order valence-corrected chi connectivity index (χ1v) is 9.68. The quantitative estimate of drug-likeness (QED) is 0.672. The number of amides is 2. The highest BCUT2D eigenvalue weighted by Crippen LogP contribution is 2.11. The minimum atomic E-state index is 0.257. The van der Waals surface area contributed by atoms with E-state index in [0.717, 1.165) is 90.8 Å². The summed E-state index contributed by atoms with van der Waals surface area (Å²) in [6, 6.07) is 0. The zero-order chi connectivity index (χ0) is 17.2. The summed E-state index contributed by atoms with van der Waals surface area (Å²) in [4.78, 5) is 30.8. The molecular formula is C18H34N4O2. The molecule has 24 heavy (non-hydrogen) atoms. The van der Waals surface area contributed by atoms with Crippen LogP contribution in [0.15, 0.2) is 0 Å². The molecule has 2 N–H and O–H groups in total. The van der Waals surface area contributed by atoms with Gasteiger partial charge in [0.2, 0.25) is 11.8 Å². The Morgan fingerprint density at radius 2 is 1.38 bits per heavy atom. The van der Waals surface area contributed by atoms with Gasteiger partial charge in [0.25, 0.3) is 0 Å². The second-order valence-electron chi connectivity index (χ2n) is 7.05. The van der Waals surface area contributed by atoms with E-state index in [0.29, 0.717) is 13.0 Å². The first kappa shape index (κ1) is 19.2. The molecular weight excluding hydrogens is 304 g/mol. The van der Waals surface area contributed by atoms with Gasteiger partial charge in [-0.15, -0.1) is 0 Å². The Labute approximate surface area is 146 Å². The van der Waals surface area contributed by atoms with E-state index in [4.69, 9.17) is 5.73 Å². The van der Waals surface area contributed by atoms with Gasteiger partial charge in [-0.3, -0.25) is 14.5 Å². The minimum Gasteiger partial charge on any atom is -0.342 e. The molecule has 0 aromatic carbocycles. The maximum absolute atomic E-state index is 12.3. The van der Waals surface area contributed by atoms with Gasteiger partial charge in [-0.25, -0.2) is 0 Å². The average Bonchev–Trinajstić information content (AvgIpc) is 3.02. The van der Waals surface area contributed by atoms with Crippen molar-refractivity contribution < 1.29 is 9.59 Å². The SMILES string of the molecule is NCCCCCCC(=O)N1CCCN(CC(=O)N2CCCC2)CC1. The largest absolute Gasteiger partial charge is 0.342 e. The van der Waals surface area contributed by atoms with Crippen molar-refractivity contribution in [3.63, 3.8) is 0 Å². The topological polar surface area (TPSA) is 69.9 Å². The molecule has 6 heteroatoms. The molecule has 138 valence electrons. The summed E-state index contributed by atoms with van der Waals surface area (Å²) < 4.78 is 0. The van der Waals surface area contributed by atoms with E-state index in [2.05, 4.69) is 4.90 Å². The third kappa shape index (κ3) is 6.40. The Morgan fingerprint density at radius 3 is 2.12 bits per heavy atom. The Hall–Kier alpha value is -1.14. The van der Waals surface area contributed by atoms with Crippen molar-refractivity contribution in [3.05, 3.63) is 0 Å². The van der Waals surface area contributed by atoms with Crippen LogP contribution in [0.3, 0.4) is 0 Å². The van der Waals surface area contributed by atoms with Crippen molar-refractivity contribution >= 4 is 11.8 Å². The van der Waals surface area contributed by atoms with Gasteiger partial charge in [0, 0.05) is 45.7 Å². The normalized spacial score (nSPS) is 19.5. The van der Waals surface area contributed by atoms with E-state index in [-0.39, 0.29) is 11.8 Å². The molecule has 2 fully saturated rings. The first-order valence-electron chi connectivity index (χ1n) is 9.68. The van der Waals surface area contributed by atoms with Crippen LogP contribution in [0.1, 0.15) is 51.4 Å². The van der Waals surface area contributed by atoms with E-state index in [1.807, 2.05) is 9.80 Å².